The molecule has 3 aromatic rings. The SMILES string of the molecule is Cc1cc(NC(=O)C(Sc2nc(N)cc(=O)[nH]2)c2ccccc2)no1. The van der Waals surface area contributed by atoms with E-state index in [0.717, 1.165) is 17.3 Å². The molecule has 2 heterocycles. The van der Waals surface area contributed by atoms with E-state index in [4.69, 9.17) is 10.3 Å². The Labute approximate surface area is 146 Å². The smallest absolute Gasteiger partial charge is 0.253 e. The maximum Gasteiger partial charge on any atom is 0.253 e. The molecule has 0 aliphatic heterocycles. The monoisotopic (exact) mass is 357 g/mol. The lowest BCUT2D eigenvalue weighted by molar-refractivity contribution is -0.115. The van der Waals surface area contributed by atoms with Crippen LogP contribution in [-0.2, 0) is 4.79 Å². The molecule has 8 nitrogen and oxygen atoms in total. The van der Waals surface area contributed by atoms with Crippen molar-refractivity contribution in [1.82, 2.24) is 15.1 Å². The van der Waals surface area contributed by atoms with Crippen molar-refractivity contribution in [3.63, 3.8) is 0 Å². The molecule has 25 heavy (non-hydrogen) atoms. The fourth-order valence-corrected chi connectivity index (χ4v) is 3.14. The van der Waals surface area contributed by atoms with Crippen molar-refractivity contribution in [1.29, 1.82) is 0 Å². The fraction of sp³-hybridized carbons (Fsp3) is 0.125. The molecule has 0 saturated carbocycles. The molecule has 1 atom stereocenters. The van der Waals surface area contributed by atoms with Gasteiger partial charge in [-0.05, 0) is 12.5 Å². The highest BCUT2D eigenvalue weighted by Gasteiger charge is 2.24. The van der Waals surface area contributed by atoms with Gasteiger partial charge in [0.05, 0.1) is 0 Å². The summed E-state index contributed by atoms with van der Waals surface area (Å²) < 4.78 is 4.95. The highest BCUT2D eigenvalue weighted by molar-refractivity contribution is 8.00. The summed E-state index contributed by atoms with van der Waals surface area (Å²) in [6.45, 7) is 1.73. The van der Waals surface area contributed by atoms with Crippen molar-refractivity contribution >= 4 is 29.3 Å². The van der Waals surface area contributed by atoms with Gasteiger partial charge >= 0.3 is 0 Å². The lowest BCUT2D eigenvalue weighted by Crippen LogP contribution is -2.20. The van der Waals surface area contributed by atoms with Crippen molar-refractivity contribution in [2.75, 3.05) is 11.1 Å². The number of nitrogen functional groups attached to an aromatic ring is 1. The van der Waals surface area contributed by atoms with Gasteiger partial charge in [0.25, 0.3) is 5.56 Å². The second-order valence-electron chi connectivity index (χ2n) is 5.20. The van der Waals surface area contributed by atoms with Crippen LogP contribution in [0.1, 0.15) is 16.6 Å². The molecule has 128 valence electrons. The summed E-state index contributed by atoms with van der Waals surface area (Å²) >= 11 is 1.09. The number of nitrogens with two attached hydrogens (primary N) is 1. The van der Waals surface area contributed by atoms with E-state index in [1.165, 1.54) is 6.07 Å². The maximum atomic E-state index is 12.7. The first-order valence-electron chi connectivity index (χ1n) is 7.34. The molecule has 0 radical (unpaired) electrons. The summed E-state index contributed by atoms with van der Waals surface area (Å²) in [4.78, 5) is 31.0. The average Bonchev–Trinajstić information content (AvgIpc) is 2.97. The number of nitrogens with one attached hydrogen (secondary N) is 2. The van der Waals surface area contributed by atoms with Crippen LogP contribution < -0.4 is 16.6 Å². The normalized spacial score (nSPS) is 11.9. The minimum absolute atomic E-state index is 0.0885. The third kappa shape index (κ3) is 4.27. The molecule has 4 N–H and O–H groups in total. The van der Waals surface area contributed by atoms with E-state index in [-0.39, 0.29) is 22.4 Å². The molecule has 1 amide bonds. The van der Waals surface area contributed by atoms with Gasteiger partial charge in [-0.3, -0.25) is 9.59 Å². The van der Waals surface area contributed by atoms with Crippen LogP contribution in [0.15, 0.2) is 56.9 Å². The van der Waals surface area contributed by atoms with Crippen LogP contribution in [0.5, 0.6) is 0 Å². The molecule has 0 aliphatic rings. The average molecular weight is 357 g/mol. The Morgan fingerprint density at radius 2 is 2.08 bits per heavy atom. The number of benzene rings is 1. The van der Waals surface area contributed by atoms with Gasteiger partial charge < -0.3 is 20.6 Å². The lowest BCUT2D eigenvalue weighted by Gasteiger charge is -2.15. The largest absolute Gasteiger partial charge is 0.383 e. The molecule has 0 saturated heterocycles. The maximum absolute atomic E-state index is 12.7. The summed E-state index contributed by atoms with van der Waals surface area (Å²) in [7, 11) is 0. The molecular weight excluding hydrogens is 342 g/mol. The quantitative estimate of drug-likeness (QED) is 0.471. The molecular formula is C16H15N5O3S. The predicted octanol–water partition coefficient (Wildman–Crippen LogP) is 2.12. The predicted molar refractivity (Wildman–Crippen MR) is 94.2 cm³/mol. The Morgan fingerprint density at radius 1 is 1.32 bits per heavy atom. The summed E-state index contributed by atoms with van der Waals surface area (Å²) in [6.07, 6.45) is 0. The number of amides is 1. The van der Waals surface area contributed by atoms with Gasteiger partial charge in [-0.25, -0.2) is 4.98 Å². The number of aromatic nitrogens is 3. The molecule has 3 rings (SSSR count). The second-order valence-corrected chi connectivity index (χ2v) is 6.29. The van der Waals surface area contributed by atoms with E-state index in [0.29, 0.717) is 11.6 Å². The van der Waals surface area contributed by atoms with Gasteiger partial charge in [-0.1, -0.05) is 47.3 Å². The number of thioether (sulfide) groups is 1. The zero-order chi connectivity index (χ0) is 17.8. The van der Waals surface area contributed by atoms with Crippen LogP contribution in [-0.4, -0.2) is 21.0 Å². The van der Waals surface area contributed by atoms with E-state index in [1.807, 2.05) is 30.3 Å². The Bertz CT molecular complexity index is 938. The molecule has 1 unspecified atom stereocenters. The van der Waals surface area contributed by atoms with Crippen molar-refractivity contribution in [3.05, 3.63) is 64.1 Å². The lowest BCUT2D eigenvalue weighted by atomic mass is 10.1. The van der Waals surface area contributed by atoms with Crippen LogP contribution in [0.2, 0.25) is 0 Å². The minimum Gasteiger partial charge on any atom is -0.383 e. The van der Waals surface area contributed by atoms with E-state index in [1.54, 1.807) is 13.0 Å². The Kier molecular flexibility index (Phi) is 4.85. The summed E-state index contributed by atoms with van der Waals surface area (Å²) in [5.41, 5.74) is 5.97. The van der Waals surface area contributed by atoms with Gasteiger partial charge in [0.2, 0.25) is 5.91 Å². The number of carbonyl (C=O) groups excluding carboxylic acids is 1. The summed E-state index contributed by atoms with van der Waals surface area (Å²) in [5, 5.41) is 6.04. The van der Waals surface area contributed by atoms with E-state index >= 15 is 0 Å². The summed E-state index contributed by atoms with van der Waals surface area (Å²) in [6, 6.07) is 11.9. The molecule has 0 bridgehead atoms. The highest BCUT2D eigenvalue weighted by Crippen LogP contribution is 2.34. The number of nitrogens with zero attached hydrogens (tertiary/aromatic N) is 2. The number of carbonyl (C=O) groups is 1. The van der Waals surface area contributed by atoms with Crippen LogP contribution in [0, 0.1) is 6.92 Å². The molecule has 1 aromatic carbocycles. The molecule has 0 fully saturated rings. The fourth-order valence-electron chi connectivity index (χ4n) is 2.14. The number of hydrogen-bond donors (Lipinski definition) is 3. The second kappa shape index (κ2) is 7.22. The standard InChI is InChI=1S/C16H15N5O3S/c1-9-7-12(21-24-9)19-15(23)14(10-5-3-2-4-6-10)25-16-18-11(17)8-13(22)20-16/h2-8,14H,1H3,(H,19,21,23)(H3,17,18,20,22). The third-order valence-electron chi connectivity index (χ3n) is 3.19. The molecule has 0 aliphatic carbocycles. The number of aryl methyl sites for hydroxylation is 1. The first-order valence-corrected chi connectivity index (χ1v) is 8.22. The van der Waals surface area contributed by atoms with Gasteiger partial charge in [0.15, 0.2) is 11.0 Å². The molecule has 2 aromatic heterocycles. The van der Waals surface area contributed by atoms with Crippen LogP contribution >= 0.6 is 11.8 Å². The topological polar surface area (TPSA) is 127 Å². The number of anilines is 2. The number of hydrogen-bond acceptors (Lipinski definition) is 7. The third-order valence-corrected chi connectivity index (χ3v) is 4.33. The zero-order valence-corrected chi connectivity index (χ0v) is 14.0. The van der Waals surface area contributed by atoms with E-state index in [2.05, 4.69) is 20.4 Å². The van der Waals surface area contributed by atoms with Gasteiger partial charge in [-0.2, -0.15) is 0 Å². The number of aromatic amines is 1. The van der Waals surface area contributed by atoms with E-state index < -0.39 is 5.25 Å². The van der Waals surface area contributed by atoms with Crippen LogP contribution in [0.25, 0.3) is 0 Å². The Hall–Kier alpha value is -3.07. The zero-order valence-electron chi connectivity index (χ0n) is 13.2. The van der Waals surface area contributed by atoms with Crippen LogP contribution in [0.4, 0.5) is 11.6 Å². The van der Waals surface area contributed by atoms with E-state index in [9.17, 15) is 9.59 Å². The van der Waals surface area contributed by atoms with Crippen molar-refractivity contribution in [2.24, 2.45) is 0 Å². The van der Waals surface area contributed by atoms with Gasteiger partial charge in [0, 0.05) is 12.1 Å². The molecule has 0 spiro atoms. The van der Waals surface area contributed by atoms with Gasteiger partial charge in [-0.15, -0.1) is 0 Å². The Morgan fingerprint density at radius 3 is 2.72 bits per heavy atom. The first-order chi connectivity index (χ1) is 12.0. The Balaban J connectivity index is 1.89. The van der Waals surface area contributed by atoms with Crippen molar-refractivity contribution in [2.45, 2.75) is 17.3 Å². The number of H-pyrrole nitrogens is 1. The molecule has 9 heteroatoms. The van der Waals surface area contributed by atoms with Gasteiger partial charge in [0.1, 0.15) is 16.8 Å². The number of rotatable bonds is 5. The summed E-state index contributed by atoms with van der Waals surface area (Å²) in [5.74, 6) is 0.666. The highest BCUT2D eigenvalue weighted by atomic mass is 32.2. The first kappa shape index (κ1) is 16.8. The van der Waals surface area contributed by atoms with Crippen molar-refractivity contribution in [3.8, 4) is 0 Å². The van der Waals surface area contributed by atoms with Crippen LogP contribution in [0.3, 0.4) is 0 Å². The minimum atomic E-state index is -0.664. The van der Waals surface area contributed by atoms with Crippen molar-refractivity contribution < 1.29 is 9.32 Å².